The number of nitrogens with one attached hydrogen (secondary N) is 1. The number of nitriles is 1. The van der Waals surface area contributed by atoms with E-state index < -0.39 is 0 Å². The van der Waals surface area contributed by atoms with Crippen LogP contribution in [-0.4, -0.2) is 43.0 Å². The van der Waals surface area contributed by atoms with Gasteiger partial charge in [-0.15, -0.1) is 0 Å². The molecule has 0 aliphatic carbocycles. The van der Waals surface area contributed by atoms with Crippen molar-refractivity contribution in [3.8, 4) is 6.07 Å². The van der Waals surface area contributed by atoms with Gasteiger partial charge in [-0.2, -0.15) is 5.26 Å². The first-order valence-electron chi connectivity index (χ1n) is 6.34. The Morgan fingerprint density at radius 1 is 1.41 bits per heavy atom. The van der Waals surface area contributed by atoms with Crippen molar-refractivity contribution in [3.05, 3.63) is 0 Å². The molecular weight excluding hydrogens is 216 g/mol. The molecule has 3 N–H and O–H groups in total. The highest BCUT2D eigenvalue weighted by Gasteiger charge is 2.17. The first-order valence-corrected chi connectivity index (χ1v) is 6.34. The van der Waals surface area contributed by atoms with Gasteiger partial charge in [-0.25, -0.2) is 0 Å². The van der Waals surface area contributed by atoms with E-state index in [0.717, 1.165) is 38.8 Å². The largest absolute Gasteiger partial charge is 0.355 e. The number of carbonyl (C=O) groups excluding carboxylic acids is 1. The third-order valence-electron chi connectivity index (χ3n) is 3.04. The van der Waals surface area contributed by atoms with Crippen LogP contribution in [0.4, 0.5) is 0 Å². The molecule has 0 aromatic heterocycles. The molecule has 1 rings (SSSR count). The number of amides is 1. The summed E-state index contributed by atoms with van der Waals surface area (Å²) in [6.07, 6.45) is 4.27. The number of rotatable bonds is 6. The maximum atomic E-state index is 11.6. The second-order valence-electron chi connectivity index (χ2n) is 4.58. The number of carbonyl (C=O) groups is 1. The molecule has 1 fully saturated rings. The average Bonchev–Trinajstić information content (AvgIpc) is 2.32. The van der Waals surface area contributed by atoms with E-state index >= 15 is 0 Å². The van der Waals surface area contributed by atoms with Gasteiger partial charge in [0.1, 0.15) is 0 Å². The molecule has 1 saturated heterocycles. The summed E-state index contributed by atoms with van der Waals surface area (Å²) in [4.78, 5) is 13.7. The molecule has 1 aliphatic heterocycles. The van der Waals surface area contributed by atoms with Gasteiger partial charge in [0, 0.05) is 32.1 Å². The molecule has 0 aromatic rings. The van der Waals surface area contributed by atoms with E-state index in [1.165, 1.54) is 0 Å². The third-order valence-corrected chi connectivity index (χ3v) is 3.04. The minimum Gasteiger partial charge on any atom is -0.355 e. The molecule has 17 heavy (non-hydrogen) atoms. The van der Waals surface area contributed by atoms with Gasteiger partial charge in [0.25, 0.3) is 0 Å². The van der Waals surface area contributed by atoms with Crippen LogP contribution in [-0.2, 0) is 4.79 Å². The van der Waals surface area contributed by atoms with Crippen LogP contribution in [0.25, 0.3) is 0 Å². The zero-order valence-electron chi connectivity index (χ0n) is 10.3. The Labute approximate surface area is 103 Å². The van der Waals surface area contributed by atoms with Gasteiger partial charge in [-0.05, 0) is 25.7 Å². The van der Waals surface area contributed by atoms with E-state index in [1.54, 1.807) is 0 Å². The van der Waals surface area contributed by atoms with Gasteiger partial charge in [0.05, 0.1) is 12.6 Å². The van der Waals surface area contributed by atoms with E-state index in [1.807, 2.05) is 0 Å². The quantitative estimate of drug-likeness (QED) is 0.648. The number of nitrogens with two attached hydrogens (primary N) is 1. The lowest BCUT2D eigenvalue weighted by Gasteiger charge is -2.29. The highest BCUT2D eigenvalue weighted by Crippen LogP contribution is 2.07. The van der Waals surface area contributed by atoms with E-state index in [-0.39, 0.29) is 5.91 Å². The Bertz CT molecular complexity index is 266. The van der Waals surface area contributed by atoms with Crippen LogP contribution in [0.15, 0.2) is 0 Å². The minimum absolute atomic E-state index is 0.0810. The van der Waals surface area contributed by atoms with Gasteiger partial charge >= 0.3 is 0 Å². The van der Waals surface area contributed by atoms with E-state index in [2.05, 4.69) is 16.3 Å². The molecule has 1 heterocycles. The summed E-state index contributed by atoms with van der Waals surface area (Å²) in [5.41, 5.74) is 5.80. The number of unbranched alkanes of at least 4 members (excludes halogenated alkanes) is 2. The Morgan fingerprint density at radius 3 is 2.76 bits per heavy atom. The fraction of sp³-hybridized carbons (Fsp3) is 0.833. The molecule has 96 valence electrons. The van der Waals surface area contributed by atoms with Crippen molar-refractivity contribution in [2.75, 3.05) is 26.2 Å². The number of hydrogen-bond donors (Lipinski definition) is 2. The van der Waals surface area contributed by atoms with E-state index in [0.29, 0.717) is 25.6 Å². The number of nitrogens with zero attached hydrogens (tertiary/aromatic N) is 2. The standard InChI is InChI=1S/C12H22N4O/c13-6-2-1-3-7-15-12(17)10-16-8-4-11(14)5-9-16/h11H,1-5,7-10,14H2,(H,15,17). The van der Waals surface area contributed by atoms with E-state index in [4.69, 9.17) is 11.0 Å². The molecule has 0 radical (unpaired) electrons. The predicted octanol–water partition coefficient (Wildman–Crippen LogP) is 0.220. The van der Waals surface area contributed by atoms with Crippen molar-refractivity contribution in [1.82, 2.24) is 10.2 Å². The summed E-state index contributed by atoms with van der Waals surface area (Å²) in [7, 11) is 0. The lowest BCUT2D eigenvalue weighted by Crippen LogP contribution is -2.44. The van der Waals surface area contributed by atoms with Crippen LogP contribution in [0.3, 0.4) is 0 Å². The molecule has 0 atom stereocenters. The van der Waals surface area contributed by atoms with Gasteiger partial charge in [-0.3, -0.25) is 9.69 Å². The molecule has 1 aliphatic rings. The summed E-state index contributed by atoms with van der Waals surface area (Å²) in [6, 6.07) is 2.40. The van der Waals surface area contributed by atoms with Crippen LogP contribution in [0, 0.1) is 11.3 Å². The van der Waals surface area contributed by atoms with Gasteiger partial charge < -0.3 is 11.1 Å². The topological polar surface area (TPSA) is 82.2 Å². The number of hydrogen-bond acceptors (Lipinski definition) is 4. The van der Waals surface area contributed by atoms with Crippen molar-refractivity contribution in [3.63, 3.8) is 0 Å². The summed E-state index contributed by atoms with van der Waals surface area (Å²) < 4.78 is 0. The first kappa shape index (κ1) is 13.9. The monoisotopic (exact) mass is 238 g/mol. The molecule has 0 saturated carbocycles. The van der Waals surface area contributed by atoms with Gasteiger partial charge in [0.2, 0.25) is 5.91 Å². The normalized spacial score (nSPS) is 17.6. The average molecular weight is 238 g/mol. The summed E-state index contributed by atoms with van der Waals surface area (Å²) in [5.74, 6) is 0.0810. The van der Waals surface area contributed by atoms with E-state index in [9.17, 15) is 4.79 Å². The summed E-state index contributed by atoms with van der Waals surface area (Å²) in [5, 5.41) is 11.2. The molecule has 0 bridgehead atoms. The lowest BCUT2D eigenvalue weighted by atomic mass is 10.1. The van der Waals surface area contributed by atoms with Crippen LogP contribution >= 0.6 is 0 Å². The molecule has 5 heteroatoms. The van der Waals surface area contributed by atoms with Crippen LogP contribution in [0.5, 0.6) is 0 Å². The number of piperidine rings is 1. The van der Waals surface area contributed by atoms with Crippen molar-refractivity contribution < 1.29 is 4.79 Å². The summed E-state index contributed by atoms with van der Waals surface area (Å²) in [6.45, 7) is 2.99. The van der Waals surface area contributed by atoms with Crippen molar-refractivity contribution in [2.24, 2.45) is 5.73 Å². The smallest absolute Gasteiger partial charge is 0.234 e. The molecule has 5 nitrogen and oxygen atoms in total. The number of likely N-dealkylation sites (tertiary alicyclic amines) is 1. The third kappa shape index (κ3) is 6.25. The van der Waals surface area contributed by atoms with Crippen LogP contribution in [0.2, 0.25) is 0 Å². The van der Waals surface area contributed by atoms with Crippen molar-refractivity contribution in [2.45, 2.75) is 38.1 Å². The van der Waals surface area contributed by atoms with Crippen LogP contribution in [0.1, 0.15) is 32.1 Å². The fourth-order valence-electron chi connectivity index (χ4n) is 1.93. The first-order chi connectivity index (χ1) is 8.22. The summed E-state index contributed by atoms with van der Waals surface area (Å²) >= 11 is 0. The van der Waals surface area contributed by atoms with Crippen molar-refractivity contribution in [1.29, 1.82) is 5.26 Å². The predicted molar refractivity (Wildman–Crippen MR) is 66.1 cm³/mol. The zero-order chi connectivity index (χ0) is 12.5. The minimum atomic E-state index is 0.0810. The molecular formula is C12H22N4O. The Hall–Kier alpha value is -1.12. The maximum absolute atomic E-state index is 11.6. The molecule has 0 unspecified atom stereocenters. The highest BCUT2D eigenvalue weighted by atomic mass is 16.2. The second-order valence-corrected chi connectivity index (χ2v) is 4.58. The van der Waals surface area contributed by atoms with Crippen LogP contribution < -0.4 is 11.1 Å². The SMILES string of the molecule is N#CCCCCNC(=O)CN1CCC(N)CC1. The zero-order valence-corrected chi connectivity index (χ0v) is 10.3. The molecule has 0 aromatic carbocycles. The molecule has 0 spiro atoms. The van der Waals surface area contributed by atoms with Gasteiger partial charge in [-0.1, -0.05) is 0 Å². The maximum Gasteiger partial charge on any atom is 0.234 e. The Morgan fingerprint density at radius 2 is 2.12 bits per heavy atom. The second kappa shape index (κ2) is 8.04. The lowest BCUT2D eigenvalue weighted by molar-refractivity contribution is -0.122. The van der Waals surface area contributed by atoms with Gasteiger partial charge in [0.15, 0.2) is 0 Å². The highest BCUT2D eigenvalue weighted by molar-refractivity contribution is 5.77. The van der Waals surface area contributed by atoms with Crippen molar-refractivity contribution >= 4 is 5.91 Å². The Balaban J connectivity index is 2.03. The Kier molecular flexibility index (Phi) is 6.60. The fourth-order valence-corrected chi connectivity index (χ4v) is 1.93. The molecule has 1 amide bonds.